The number of nitrogens with zero attached hydrogens (tertiary/aromatic N) is 2. The van der Waals surface area contributed by atoms with E-state index < -0.39 is 0 Å². The molecule has 0 radical (unpaired) electrons. The van der Waals surface area contributed by atoms with Crippen LogP contribution in [0.25, 0.3) is 10.9 Å². The minimum Gasteiger partial charge on any atom is -0.383 e. The Bertz CT molecular complexity index is 500. The van der Waals surface area contributed by atoms with Crippen molar-refractivity contribution in [2.24, 2.45) is 5.92 Å². The van der Waals surface area contributed by atoms with Crippen molar-refractivity contribution in [1.29, 1.82) is 0 Å². The normalized spacial score (nSPS) is 15.1. The first kappa shape index (κ1) is 10.5. The van der Waals surface area contributed by atoms with E-state index in [9.17, 15) is 0 Å². The number of aromatic nitrogens is 2. The molecule has 1 fully saturated rings. The molecule has 1 aliphatic carbocycles. The Morgan fingerprint density at radius 2 is 2.12 bits per heavy atom. The van der Waals surface area contributed by atoms with E-state index >= 15 is 0 Å². The maximum Gasteiger partial charge on any atom is 0.0950 e. The summed E-state index contributed by atoms with van der Waals surface area (Å²) in [5, 5.41) is 12.8. The van der Waals surface area contributed by atoms with Gasteiger partial charge in [0, 0.05) is 11.9 Å². The van der Waals surface area contributed by atoms with E-state index in [1.165, 1.54) is 25.7 Å². The van der Waals surface area contributed by atoms with Crippen molar-refractivity contribution in [2.45, 2.75) is 25.7 Å². The quantitative estimate of drug-likeness (QED) is 0.797. The second-order valence-electron chi connectivity index (χ2n) is 4.79. The summed E-state index contributed by atoms with van der Waals surface area (Å²) in [6, 6.07) is 8.12. The van der Waals surface area contributed by atoms with Crippen LogP contribution < -0.4 is 5.32 Å². The molecule has 1 saturated carbocycles. The predicted molar refractivity (Wildman–Crippen MR) is 70.0 cm³/mol. The summed E-state index contributed by atoms with van der Waals surface area (Å²) in [5.41, 5.74) is 2.06. The number of rotatable bonds is 5. The number of nitrogens with one attached hydrogen (secondary N) is 1. The fourth-order valence-electron chi connectivity index (χ4n) is 2.17. The molecule has 1 N–H and O–H groups in total. The lowest BCUT2D eigenvalue weighted by molar-refractivity contribution is 0.687. The molecule has 3 nitrogen and oxygen atoms in total. The van der Waals surface area contributed by atoms with E-state index in [0.29, 0.717) is 0 Å². The highest BCUT2D eigenvalue weighted by atomic mass is 15.1. The van der Waals surface area contributed by atoms with Gasteiger partial charge in [-0.3, -0.25) is 0 Å². The molecular weight excluding hydrogens is 210 g/mol. The minimum absolute atomic E-state index is 0.958. The van der Waals surface area contributed by atoms with E-state index in [4.69, 9.17) is 0 Å². The van der Waals surface area contributed by atoms with Gasteiger partial charge in [0.15, 0.2) is 0 Å². The zero-order chi connectivity index (χ0) is 11.5. The van der Waals surface area contributed by atoms with Gasteiger partial charge in [0.2, 0.25) is 0 Å². The number of fused-ring (bicyclic) bond motifs is 1. The van der Waals surface area contributed by atoms with Crippen LogP contribution in [0.3, 0.4) is 0 Å². The molecule has 88 valence electrons. The number of hydrogen-bond donors (Lipinski definition) is 1. The Morgan fingerprint density at radius 1 is 1.24 bits per heavy atom. The molecule has 0 amide bonds. The summed E-state index contributed by atoms with van der Waals surface area (Å²) in [4.78, 5) is 0. The molecule has 3 rings (SSSR count). The van der Waals surface area contributed by atoms with Crippen molar-refractivity contribution in [3.63, 3.8) is 0 Å². The van der Waals surface area contributed by atoms with E-state index in [0.717, 1.165) is 29.1 Å². The van der Waals surface area contributed by atoms with Crippen molar-refractivity contribution in [1.82, 2.24) is 10.2 Å². The Kier molecular flexibility index (Phi) is 2.90. The lowest BCUT2D eigenvalue weighted by atomic mass is 10.2. The van der Waals surface area contributed by atoms with E-state index in [1.54, 1.807) is 0 Å². The molecule has 0 unspecified atom stereocenters. The maximum atomic E-state index is 4.12. The fourth-order valence-corrected chi connectivity index (χ4v) is 2.17. The summed E-state index contributed by atoms with van der Waals surface area (Å²) in [6.45, 7) is 1.03. The van der Waals surface area contributed by atoms with Gasteiger partial charge in [-0.2, -0.15) is 10.2 Å². The van der Waals surface area contributed by atoms with Gasteiger partial charge in [-0.1, -0.05) is 31.0 Å². The van der Waals surface area contributed by atoms with Crippen LogP contribution >= 0.6 is 0 Å². The van der Waals surface area contributed by atoms with Crippen LogP contribution in [0.1, 0.15) is 25.7 Å². The van der Waals surface area contributed by atoms with Gasteiger partial charge in [0.05, 0.1) is 17.4 Å². The zero-order valence-corrected chi connectivity index (χ0v) is 9.89. The first-order chi connectivity index (χ1) is 8.43. The lowest BCUT2D eigenvalue weighted by Crippen LogP contribution is -2.03. The van der Waals surface area contributed by atoms with Gasteiger partial charge in [-0.15, -0.1) is 0 Å². The van der Waals surface area contributed by atoms with Crippen molar-refractivity contribution in [3.8, 4) is 0 Å². The van der Waals surface area contributed by atoms with Gasteiger partial charge >= 0.3 is 0 Å². The molecule has 0 saturated heterocycles. The maximum absolute atomic E-state index is 4.12. The third kappa shape index (κ3) is 2.54. The van der Waals surface area contributed by atoms with Crippen LogP contribution in [0.5, 0.6) is 0 Å². The predicted octanol–water partition coefficient (Wildman–Crippen LogP) is 3.23. The van der Waals surface area contributed by atoms with Crippen LogP contribution in [0.15, 0.2) is 30.5 Å². The highest BCUT2D eigenvalue weighted by Crippen LogP contribution is 2.33. The van der Waals surface area contributed by atoms with Crippen LogP contribution in [-0.2, 0) is 0 Å². The molecule has 1 heterocycles. The summed E-state index contributed by atoms with van der Waals surface area (Å²) < 4.78 is 0. The average Bonchev–Trinajstić information content (AvgIpc) is 3.19. The first-order valence-electron chi connectivity index (χ1n) is 6.38. The van der Waals surface area contributed by atoms with E-state index in [2.05, 4.69) is 21.6 Å². The van der Waals surface area contributed by atoms with Gasteiger partial charge in [-0.25, -0.2) is 0 Å². The first-order valence-corrected chi connectivity index (χ1v) is 6.38. The molecule has 1 aromatic carbocycles. The van der Waals surface area contributed by atoms with Gasteiger partial charge in [-0.05, 0) is 24.8 Å². The molecule has 0 bridgehead atoms. The Morgan fingerprint density at radius 3 is 3.00 bits per heavy atom. The summed E-state index contributed by atoms with van der Waals surface area (Å²) in [5.74, 6) is 1.02. The summed E-state index contributed by atoms with van der Waals surface area (Å²) in [7, 11) is 0. The monoisotopic (exact) mass is 227 g/mol. The SMILES string of the molecule is c1ccc2c(NCCCC3CC3)cnnc2c1. The van der Waals surface area contributed by atoms with Gasteiger partial charge < -0.3 is 5.32 Å². The molecule has 0 atom stereocenters. The van der Waals surface area contributed by atoms with Crippen LogP contribution in [0.2, 0.25) is 0 Å². The van der Waals surface area contributed by atoms with E-state index in [1.807, 2.05) is 24.4 Å². The third-order valence-electron chi connectivity index (χ3n) is 3.35. The molecular formula is C14H17N3. The van der Waals surface area contributed by atoms with Gasteiger partial charge in [0.25, 0.3) is 0 Å². The smallest absolute Gasteiger partial charge is 0.0950 e. The molecule has 0 spiro atoms. The molecule has 17 heavy (non-hydrogen) atoms. The summed E-state index contributed by atoms with van der Waals surface area (Å²) in [6.07, 6.45) is 7.32. The van der Waals surface area contributed by atoms with Crippen LogP contribution in [-0.4, -0.2) is 16.7 Å². The molecule has 1 aliphatic rings. The Balaban J connectivity index is 1.66. The third-order valence-corrected chi connectivity index (χ3v) is 3.35. The fraction of sp³-hybridized carbons (Fsp3) is 0.429. The van der Waals surface area contributed by atoms with Crippen molar-refractivity contribution in [3.05, 3.63) is 30.5 Å². The number of hydrogen-bond acceptors (Lipinski definition) is 3. The lowest BCUT2D eigenvalue weighted by Gasteiger charge is -2.08. The topological polar surface area (TPSA) is 37.8 Å². The molecule has 1 aromatic heterocycles. The molecule has 0 aliphatic heterocycles. The van der Waals surface area contributed by atoms with Crippen molar-refractivity contribution < 1.29 is 0 Å². The zero-order valence-electron chi connectivity index (χ0n) is 9.89. The van der Waals surface area contributed by atoms with Gasteiger partial charge in [0.1, 0.15) is 0 Å². The van der Waals surface area contributed by atoms with Crippen LogP contribution in [0, 0.1) is 5.92 Å². The van der Waals surface area contributed by atoms with Crippen LogP contribution in [0.4, 0.5) is 5.69 Å². The Hall–Kier alpha value is -1.64. The standard InChI is InChI=1S/C14H17N3/c1-2-6-13-12(5-1)14(10-16-17-13)15-9-3-4-11-7-8-11/h1-2,5-6,10-11H,3-4,7-9H2,(H,15,17). The second kappa shape index (κ2) is 4.70. The Labute approximate surface area is 101 Å². The van der Waals surface area contributed by atoms with Crippen molar-refractivity contribution >= 4 is 16.6 Å². The number of anilines is 1. The minimum atomic E-state index is 0.958. The molecule has 2 aromatic rings. The summed E-state index contributed by atoms with van der Waals surface area (Å²) >= 11 is 0. The highest BCUT2D eigenvalue weighted by molar-refractivity contribution is 5.90. The second-order valence-corrected chi connectivity index (χ2v) is 4.79. The average molecular weight is 227 g/mol. The highest BCUT2D eigenvalue weighted by Gasteiger charge is 2.19. The largest absolute Gasteiger partial charge is 0.383 e. The molecule has 3 heteroatoms. The van der Waals surface area contributed by atoms with Crippen molar-refractivity contribution in [2.75, 3.05) is 11.9 Å². The van der Waals surface area contributed by atoms with E-state index in [-0.39, 0.29) is 0 Å². The number of benzene rings is 1.